The maximum absolute atomic E-state index is 14.2. The van der Waals surface area contributed by atoms with E-state index in [1.54, 1.807) is 6.07 Å². The molecule has 2 rings (SSSR count). The second-order valence-electron chi connectivity index (χ2n) is 5.74. The van der Waals surface area contributed by atoms with Crippen LogP contribution in [0.2, 0.25) is 5.02 Å². The van der Waals surface area contributed by atoms with Crippen LogP contribution in [0.5, 0.6) is 5.75 Å². The molecule has 164 valence electrons. The van der Waals surface area contributed by atoms with E-state index < -0.39 is 69.7 Å². The number of nitrogens with one attached hydrogen (secondary N) is 1. The number of hydrogen-bond donors (Lipinski definition) is 2. The average Bonchev–Trinajstić information content (AvgIpc) is 2.70. The van der Waals surface area contributed by atoms with E-state index in [4.69, 9.17) is 27.5 Å². The van der Waals surface area contributed by atoms with Crippen molar-refractivity contribution in [3.8, 4) is 11.8 Å². The lowest BCUT2D eigenvalue weighted by Crippen LogP contribution is -2.32. The molecule has 2 aromatic carbocycles. The molecule has 0 aliphatic carbocycles. The van der Waals surface area contributed by atoms with Crippen LogP contribution in [0.3, 0.4) is 0 Å². The molecular weight excluding hydrogens is 451 g/mol. The number of hydrogen-bond acceptors (Lipinski definition) is 6. The molecule has 0 bridgehead atoms. The molecule has 0 aromatic heterocycles. The minimum Gasteiger partial charge on any atom is -0.462 e. The highest BCUT2D eigenvalue weighted by Gasteiger charge is 2.38. The predicted molar refractivity (Wildman–Crippen MR) is 98.9 cm³/mol. The van der Waals surface area contributed by atoms with Crippen molar-refractivity contribution in [2.24, 2.45) is 5.73 Å². The number of carbonyl (C=O) groups excluding carboxylic acids is 1. The highest BCUT2D eigenvalue weighted by Crippen LogP contribution is 2.40. The van der Waals surface area contributed by atoms with Gasteiger partial charge in [0, 0.05) is 7.05 Å². The molecule has 0 saturated carbocycles. The largest absolute Gasteiger partial charge is 0.462 e. The van der Waals surface area contributed by atoms with Gasteiger partial charge >= 0.3 is 12.3 Å². The first-order chi connectivity index (χ1) is 14.4. The zero-order valence-electron chi connectivity index (χ0n) is 15.5. The number of carbonyl (C=O) groups is 1. The highest BCUT2D eigenvalue weighted by atomic mass is 35.5. The Hall–Kier alpha value is -3.43. The van der Waals surface area contributed by atoms with Crippen LogP contribution in [0.1, 0.15) is 16.7 Å². The van der Waals surface area contributed by atoms with E-state index in [9.17, 15) is 32.0 Å². The number of nitriles is 1. The predicted octanol–water partition coefficient (Wildman–Crippen LogP) is 4.40. The van der Waals surface area contributed by atoms with E-state index in [0.717, 1.165) is 25.2 Å². The Morgan fingerprint density at radius 1 is 1.29 bits per heavy atom. The maximum atomic E-state index is 14.2. The van der Waals surface area contributed by atoms with Gasteiger partial charge in [-0.2, -0.15) is 18.4 Å². The molecule has 2 aromatic rings. The minimum absolute atomic E-state index is 0.428. The molecule has 31 heavy (non-hydrogen) atoms. The number of anilines is 1. The van der Waals surface area contributed by atoms with Crippen molar-refractivity contribution in [2.45, 2.75) is 6.18 Å². The van der Waals surface area contributed by atoms with Gasteiger partial charge in [-0.15, -0.1) is 0 Å². The summed E-state index contributed by atoms with van der Waals surface area (Å²) >= 11 is 5.45. The van der Waals surface area contributed by atoms with Crippen molar-refractivity contribution in [3.63, 3.8) is 0 Å². The smallest absolute Gasteiger partial charge is 0.420 e. The van der Waals surface area contributed by atoms with Crippen molar-refractivity contribution in [2.75, 3.05) is 18.7 Å². The number of nitrogens with two attached hydrogens (primary N) is 1. The maximum Gasteiger partial charge on any atom is 0.420 e. The van der Waals surface area contributed by atoms with Gasteiger partial charge in [0.15, 0.2) is 11.6 Å². The Kier molecular flexibility index (Phi) is 7.04. The quantitative estimate of drug-likeness (QED) is 0.230. The molecule has 0 radical (unpaired) electrons. The second kappa shape index (κ2) is 9.15. The summed E-state index contributed by atoms with van der Waals surface area (Å²) in [6.45, 7) is -0.619. The van der Waals surface area contributed by atoms with Gasteiger partial charge in [-0.1, -0.05) is 11.6 Å². The summed E-state index contributed by atoms with van der Waals surface area (Å²) in [6, 6.07) is 4.33. The molecule has 0 aliphatic heterocycles. The summed E-state index contributed by atoms with van der Waals surface area (Å²) in [5, 5.41) is 16.0. The van der Waals surface area contributed by atoms with E-state index in [1.165, 1.54) is 0 Å². The second-order valence-corrected chi connectivity index (χ2v) is 6.11. The van der Waals surface area contributed by atoms with Crippen LogP contribution < -0.4 is 15.4 Å². The SMILES string of the molecule is CN(C(=O)Oc1c(C(F)(F)F)ccc(C#N)c1C(=N)OCN)c1ccc(F)c(Cl)c1F. The molecule has 1 amide bonds. The fraction of sp³-hybridized carbons (Fsp3) is 0.167. The molecular formula is C18H12ClF5N4O3. The van der Waals surface area contributed by atoms with Crippen molar-refractivity contribution in [1.82, 2.24) is 0 Å². The van der Waals surface area contributed by atoms with Crippen LogP contribution in [0.4, 0.5) is 32.4 Å². The first-order valence-corrected chi connectivity index (χ1v) is 8.46. The van der Waals surface area contributed by atoms with Gasteiger partial charge in [-0.25, -0.2) is 13.6 Å². The van der Waals surface area contributed by atoms with Crippen LogP contribution in [0, 0.1) is 28.4 Å². The molecule has 0 heterocycles. The Bertz CT molecular complexity index is 1090. The average molecular weight is 463 g/mol. The molecule has 13 heteroatoms. The zero-order chi connectivity index (χ0) is 23.5. The summed E-state index contributed by atoms with van der Waals surface area (Å²) in [7, 11) is 0.928. The van der Waals surface area contributed by atoms with Gasteiger partial charge in [0.2, 0.25) is 5.90 Å². The number of nitrogens with zero attached hydrogens (tertiary/aromatic N) is 2. The van der Waals surface area contributed by atoms with E-state index >= 15 is 0 Å². The highest BCUT2D eigenvalue weighted by molar-refractivity contribution is 6.31. The lowest BCUT2D eigenvalue weighted by Gasteiger charge is -2.22. The molecule has 0 saturated heterocycles. The van der Waals surface area contributed by atoms with E-state index in [1.807, 2.05) is 0 Å². The van der Waals surface area contributed by atoms with Gasteiger partial charge in [0.25, 0.3) is 0 Å². The Morgan fingerprint density at radius 2 is 1.94 bits per heavy atom. The minimum atomic E-state index is -5.07. The third-order valence-corrected chi connectivity index (χ3v) is 4.22. The molecule has 0 spiro atoms. The normalized spacial score (nSPS) is 10.9. The van der Waals surface area contributed by atoms with E-state index in [2.05, 4.69) is 4.74 Å². The fourth-order valence-electron chi connectivity index (χ4n) is 2.41. The summed E-state index contributed by atoms with van der Waals surface area (Å²) in [4.78, 5) is 12.9. The standard InChI is InChI=1S/C18H12ClF5N4O3/c1-28(11-5-4-10(20)13(19)14(11)21)17(29)31-15-9(18(22,23)24)3-2-8(6-25)12(15)16(27)30-7-26/h2-5,27H,7,26H2,1H3. The topological polar surface area (TPSA) is 112 Å². The molecule has 0 unspecified atom stereocenters. The van der Waals surface area contributed by atoms with E-state index in [-0.39, 0.29) is 0 Å². The summed E-state index contributed by atoms with van der Waals surface area (Å²) in [5.41, 5.74) is 1.75. The van der Waals surface area contributed by atoms with Crippen molar-refractivity contribution < 1.29 is 36.2 Å². The first-order valence-electron chi connectivity index (χ1n) is 8.09. The Labute approximate surface area is 176 Å². The number of halogens is 6. The Balaban J connectivity index is 2.61. The number of benzene rings is 2. The van der Waals surface area contributed by atoms with Crippen LogP contribution in [-0.2, 0) is 10.9 Å². The van der Waals surface area contributed by atoms with Crippen molar-refractivity contribution >= 4 is 29.3 Å². The lowest BCUT2D eigenvalue weighted by atomic mass is 10.0. The van der Waals surface area contributed by atoms with Gasteiger partial charge in [0.05, 0.1) is 22.4 Å². The summed E-state index contributed by atoms with van der Waals surface area (Å²) in [6.07, 6.45) is -6.62. The fourth-order valence-corrected chi connectivity index (χ4v) is 2.57. The number of ether oxygens (including phenoxy) is 2. The molecule has 3 N–H and O–H groups in total. The third-order valence-electron chi connectivity index (χ3n) is 3.88. The monoisotopic (exact) mass is 462 g/mol. The molecule has 7 nitrogen and oxygen atoms in total. The molecule has 0 atom stereocenters. The third kappa shape index (κ3) is 4.84. The van der Waals surface area contributed by atoms with Crippen LogP contribution >= 0.6 is 11.6 Å². The van der Waals surface area contributed by atoms with Crippen molar-refractivity contribution in [1.29, 1.82) is 10.7 Å². The van der Waals surface area contributed by atoms with Crippen LogP contribution in [0.25, 0.3) is 0 Å². The van der Waals surface area contributed by atoms with Crippen LogP contribution in [-0.4, -0.2) is 25.8 Å². The van der Waals surface area contributed by atoms with Gasteiger partial charge in [0.1, 0.15) is 23.6 Å². The summed E-state index contributed by atoms with van der Waals surface area (Å²) < 4.78 is 77.5. The number of alkyl halides is 3. The zero-order valence-corrected chi connectivity index (χ0v) is 16.2. The summed E-state index contributed by atoms with van der Waals surface area (Å²) in [5.74, 6) is -4.68. The Morgan fingerprint density at radius 3 is 2.48 bits per heavy atom. The first kappa shape index (κ1) is 23.8. The van der Waals surface area contributed by atoms with E-state index in [0.29, 0.717) is 11.0 Å². The number of rotatable bonds is 4. The number of amides is 1. The van der Waals surface area contributed by atoms with Gasteiger partial charge in [-0.3, -0.25) is 16.0 Å². The van der Waals surface area contributed by atoms with Crippen LogP contribution in [0.15, 0.2) is 24.3 Å². The van der Waals surface area contributed by atoms with Crippen molar-refractivity contribution in [3.05, 3.63) is 57.6 Å². The van der Waals surface area contributed by atoms with Gasteiger partial charge < -0.3 is 9.47 Å². The molecule has 0 aliphatic rings. The van der Waals surface area contributed by atoms with Gasteiger partial charge in [-0.05, 0) is 24.3 Å². The lowest BCUT2D eigenvalue weighted by molar-refractivity contribution is -0.138. The molecule has 0 fully saturated rings.